The fourth-order valence-corrected chi connectivity index (χ4v) is 7.10. The number of piperidine rings is 1. The number of aliphatic hydroxyl groups is 1. The molecule has 0 spiro atoms. The Bertz CT molecular complexity index is 1220. The molecule has 3 atom stereocenters. The first-order valence-corrected chi connectivity index (χ1v) is 16.1. The molecule has 3 heterocycles. The van der Waals surface area contributed by atoms with E-state index in [-0.39, 0.29) is 29.9 Å². The number of anilines is 1. The van der Waals surface area contributed by atoms with Crippen molar-refractivity contribution in [2.24, 2.45) is 0 Å². The number of carbonyl (C=O) groups is 1. The summed E-state index contributed by atoms with van der Waals surface area (Å²) in [5, 5.41) is 22.4. The zero-order valence-electron chi connectivity index (χ0n) is 25.1. The van der Waals surface area contributed by atoms with Gasteiger partial charge in [-0.2, -0.15) is 0 Å². The number of nitrogens with one attached hydrogen (secondary N) is 1. The van der Waals surface area contributed by atoms with Gasteiger partial charge < -0.3 is 20.1 Å². The highest BCUT2D eigenvalue weighted by atomic mass is 35.5. The van der Waals surface area contributed by atoms with Crippen molar-refractivity contribution < 1.29 is 32.8 Å². The van der Waals surface area contributed by atoms with E-state index in [1.165, 1.54) is 15.9 Å². The van der Waals surface area contributed by atoms with Crippen molar-refractivity contribution in [1.82, 2.24) is 25.1 Å². The maximum absolute atomic E-state index is 13.6. The molecule has 1 amide bonds. The molecule has 2 aromatic heterocycles. The maximum Gasteiger partial charge on any atom is 0.477 e. The first-order chi connectivity index (χ1) is 18.9. The minimum absolute atomic E-state index is 0.00731. The van der Waals surface area contributed by atoms with Crippen molar-refractivity contribution in [3.63, 3.8) is 0 Å². The lowest BCUT2D eigenvalue weighted by molar-refractivity contribution is -0.00680. The zero-order valence-corrected chi connectivity index (χ0v) is 27.6. The van der Waals surface area contributed by atoms with Crippen LogP contribution in [0.1, 0.15) is 89.2 Å². The molecule has 16 heteroatoms. The number of methoxy groups -OCH3 is 1. The largest absolute Gasteiger partial charge is 0.477 e. The van der Waals surface area contributed by atoms with Crippen molar-refractivity contribution in [3.05, 3.63) is 21.7 Å². The van der Waals surface area contributed by atoms with E-state index in [4.69, 9.17) is 29.9 Å². The third-order valence-electron chi connectivity index (χ3n) is 5.91. The molecule has 3 rings (SSSR count). The first-order valence-electron chi connectivity index (χ1n) is 13.5. The van der Waals surface area contributed by atoms with Crippen LogP contribution in [-0.4, -0.2) is 74.3 Å². The highest BCUT2D eigenvalue weighted by Crippen LogP contribution is 2.55. The molecule has 1 fully saturated rings. The second kappa shape index (κ2) is 13.3. The SMILES string of the molecule is CCc1c(Cl)nc(C(=O)N[C@@H]2CCN(c3nnc([C@H](C)O)s3)C[C@@H]2OC)n1COP(=O)(OC(C)(C)C)OC(C)(C)C. The van der Waals surface area contributed by atoms with Crippen LogP contribution in [0.4, 0.5) is 5.13 Å². The van der Waals surface area contributed by atoms with Crippen molar-refractivity contribution in [2.75, 3.05) is 25.1 Å². The molecule has 0 saturated carbocycles. The number of hydrogen-bond donors (Lipinski definition) is 2. The van der Waals surface area contributed by atoms with Gasteiger partial charge in [-0.1, -0.05) is 29.9 Å². The Morgan fingerprint density at radius 3 is 2.37 bits per heavy atom. The standard InChI is InChI=1S/C25H42ClN6O7PS/c1-10-17-19(26)28-20(32(17)14-37-40(35,38-24(3,4)5)39-25(6,7)8)21(34)27-16-11-12-31(13-18(16)36-9)23-30-29-22(41-23)15(2)33/h15-16,18,33H,10-14H2,1-9H3,(H,27,34)/t15-,16+,18-/m0/s1. The lowest BCUT2D eigenvalue weighted by Crippen LogP contribution is -2.55. The Balaban J connectivity index is 1.78. The Kier molecular flexibility index (Phi) is 11.0. The Morgan fingerprint density at radius 2 is 1.85 bits per heavy atom. The number of nitrogens with zero attached hydrogens (tertiary/aromatic N) is 5. The van der Waals surface area contributed by atoms with Crippen LogP contribution >= 0.6 is 30.8 Å². The third-order valence-corrected chi connectivity index (χ3v) is 9.35. The second-order valence-corrected chi connectivity index (χ2v) is 14.6. The van der Waals surface area contributed by atoms with Gasteiger partial charge in [-0.25, -0.2) is 9.55 Å². The molecule has 0 unspecified atom stereocenters. The number of phosphoric acid groups is 1. The second-order valence-electron chi connectivity index (χ2n) is 11.8. The van der Waals surface area contributed by atoms with Crippen LogP contribution in [0.15, 0.2) is 0 Å². The number of aliphatic hydroxyl groups excluding tert-OH is 1. The molecular weight excluding hydrogens is 595 g/mol. The number of carbonyl (C=O) groups excluding carboxylic acids is 1. The fourth-order valence-electron chi connectivity index (χ4n) is 4.23. The minimum Gasteiger partial charge on any atom is -0.386 e. The number of aromatic nitrogens is 4. The average molecular weight is 637 g/mol. The maximum atomic E-state index is 13.6. The smallest absolute Gasteiger partial charge is 0.386 e. The third kappa shape index (κ3) is 9.17. The van der Waals surface area contributed by atoms with E-state index in [0.29, 0.717) is 41.8 Å². The van der Waals surface area contributed by atoms with Gasteiger partial charge in [0.05, 0.1) is 29.0 Å². The van der Waals surface area contributed by atoms with Gasteiger partial charge in [-0.15, -0.1) is 10.2 Å². The first kappa shape index (κ1) is 33.9. The summed E-state index contributed by atoms with van der Waals surface area (Å²) in [5.74, 6) is -0.473. The average Bonchev–Trinajstić information content (AvgIpc) is 3.45. The van der Waals surface area contributed by atoms with Crippen molar-refractivity contribution >= 4 is 41.8 Å². The summed E-state index contributed by atoms with van der Waals surface area (Å²) in [7, 11) is -2.48. The summed E-state index contributed by atoms with van der Waals surface area (Å²) in [4.78, 5) is 19.9. The van der Waals surface area contributed by atoms with E-state index in [9.17, 15) is 14.5 Å². The van der Waals surface area contributed by atoms with Gasteiger partial charge in [0.1, 0.15) is 17.8 Å². The van der Waals surface area contributed by atoms with Gasteiger partial charge in [0.15, 0.2) is 5.15 Å². The predicted octanol–water partition coefficient (Wildman–Crippen LogP) is 4.74. The van der Waals surface area contributed by atoms with Crippen LogP contribution in [0.3, 0.4) is 0 Å². The molecule has 1 aliphatic heterocycles. The van der Waals surface area contributed by atoms with Crippen LogP contribution in [0.25, 0.3) is 0 Å². The number of phosphoric ester groups is 1. The highest BCUT2D eigenvalue weighted by Gasteiger charge is 2.38. The molecular formula is C25H42ClN6O7PS. The topological polar surface area (TPSA) is 150 Å². The summed E-state index contributed by atoms with van der Waals surface area (Å²) in [5.41, 5.74) is -1.10. The lowest BCUT2D eigenvalue weighted by atomic mass is 10.0. The van der Waals surface area contributed by atoms with Crippen LogP contribution in [0.2, 0.25) is 5.15 Å². The number of ether oxygens (including phenoxy) is 1. The summed E-state index contributed by atoms with van der Waals surface area (Å²) in [6.07, 6.45) is -0.0404. The Hall–Kier alpha value is -1.64. The molecule has 0 aromatic carbocycles. The fraction of sp³-hybridized carbons (Fsp3) is 0.760. The van der Waals surface area contributed by atoms with E-state index in [0.717, 1.165) is 0 Å². The monoisotopic (exact) mass is 636 g/mol. The van der Waals surface area contributed by atoms with Gasteiger partial charge in [0.25, 0.3) is 5.91 Å². The molecule has 0 radical (unpaired) electrons. The number of imidazole rings is 1. The van der Waals surface area contributed by atoms with Crippen molar-refractivity contribution in [2.45, 2.75) is 104 Å². The number of halogens is 1. The van der Waals surface area contributed by atoms with Crippen LogP contribution in [-0.2, 0) is 36.0 Å². The highest BCUT2D eigenvalue weighted by molar-refractivity contribution is 7.48. The van der Waals surface area contributed by atoms with E-state index in [1.807, 2.05) is 11.8 Å². The van der Waals surface area contributed by atoms with Crippen LogP contribution < -0.4 is 10.2 Å². The molecule has 2 N–H and O–H groups in total. The van der Waals surface area contributed by atoms with E-state index < -0.39 is 31.0 Å². The summed E-state index contributed by atoms with van der Waals surface area (Å²) in [6.45, 7) is 14.7. The predicted molar refractivity (Wildman–Crippen MR) is 156 cm³/mol. The molecule has 0 bridgehead atoms. The Morgan fingerprint density at radius 1 is 1.22 bits per heavy atom. The molecule has 0 aliphatic carbocycles. The summed E-state index contributed by atoms with van der Waals surface area (Å²) < 4.78 is 38.0. The Labute approximate surface area is 250 Å². The quantitative estimate of drug-likeness (QED) is 0.329. The molecule has 1 aliphatic rings. The van der Waals surface area contributed by atoms with Crippen molar-refractivity contribution in [1.29, 1.82) is 0 Å². The van der Waals surface area contributed by atoms with Crippen molar-refractivity contribution in [3.8, 4) is 0 Å². The van der Waals surface area contributed by atoms with Crippen LogP contribution in [0.5, 0.6) is 0 Å². The molecule has 232 valence electrons. The lowest BCUT2D eigenvalue weighted by Gasteiger charge is -2.37. The summed E-state index contributed by atoms with van der Waals surface area (Å²) in [6, 6.07) is -0.331. The molecule has 41 heavy (non-hydrogen) atoms. The van der Waals surface area contributed by atoms with E-state index >= 15 is 0 Å². The zero-order chi connectivity index (χ0) is 30.8. The number of hydrogen-bond acceptors (Lipinski definition) is 12. The van der Waals surface area contributed by atoms with Gasteiger partial charge >= 0.3 is 7.82 Å². The summed E-state index contributed by atoms with van der Waals surface area (Å²) >= 11 is 7.73. The van der Waals surface area contributed by atoms with Gasteiger partial charge in [-0.3, -0.25) is 22.9 Å². The van der Waals surface area contributed by atoms with Gasteiger partial charge in [-0.05, 0) is 61.3 Å². The molecule has 1 saturated heterocycles. The van der Waals surface area contributed by atoms with E-state index in [1.54, 1.807) is 55.6 Å². The number of rotatable bonds is 11. The number of amides is 1. The van der Waals surface area contributed by atoms with Gasteiger partial charge in [0, 0.05) is 20.2 Å². The van der Waals surface area contributed by atoms with Crippen LogP contribution in [0, 0.1) is 0 Å². The van der Waals surface area contributed by atoms with E-state index in [2.05, 4.69) is 20.5 Å². The molecule has 2 aromatic rings. The van der Waals surface area contributed by atoms with Gasteiger partial charge in [0.2, 0.25) is 11.0 Å². The molecule has 13 nitrogen and oxygen atoms in total. The normalized spacial score (nSPS) is 19.4. The minimum atomic E-state index is -4.06.